The van der Waals surface area contributed by atoms with Gasteiger partial charge in [-0.3, -0.25) is 0 Å². The summed E-state index contributed by atoms with van der Waals surface area (Å²) < 4.78 is 5.12. The smallest absolute Gasteiger partial charge is 0.252 e. The van der Waals surface area contributed by atoms with Crippen molar-refractivity contribution in [2.45, 2.75) is 0 Å². The van der Waals surface area contributed by atoms with Gasteiger partial charge in [0.25, 0.3) is 6.71 Å². The molecule has 0 spiro atoms. The summed E-state index contributed by atoms with van der Waals surface area (Å²) in [5.74, 6) is 0. The van der Waals surface area contributed by atoms with Crippen LogP contribution >= 0.6 is 0 Å². The van der Waals surface area contributed by atoms with Gasteiger partial charge >= 0.3 is 0 Å². The normalized spacial score (nSPS) is 12.8. The Kier molecular flexibility index (Phi) is 4.43. The van der Waals surface area contributed by atoms with Gasteiger partial charge in [-0.25, -0.2) is 0 Å². The molecule has 9 aromatic rings. The molecule has 0 fully saturated rings. The molecular weight excluding hydrogens is 543 g/mol. The van der Waals surface area contributed by atoms with Crippen LogP contribution in [0.4, 0.5) is 0 Å². The van der Waals surface area contributed by atoms with Gasteiger partial charge in [0.1, 0.15) is 0 Å². The van der Waals surface area contributed by atoms with Crippen LogP contribution in [0, 0.1) is 0 Å². The third-order valence-electron chi connectivity index (χ3n) is 10.3. The standard InChI is InChI=1S/C42H25BN2/c1-3-12-26(13-4-1)28-24-37-40-38(25-28)45-36-21-10-8-17-32(36)39-29(27-14-5-2-6-15-27)22-23-34(42(39)45)43(40)33-19-11-18-31-30-16-7-9-20-35(30)44(37)41(31)33/h1-25H. The van der Waals surface area contributed by atoms with Gasteiger partial charge in [0, 0.05) is 44.0 Å². The Labute approximate surface area is 260 Å². The SMILES string of the molecule is c1ccc(-c2cc3c4c(c2)-n2c5ccccc5c5c(-c6ccccc6)ccc(c52)B4c2cccc4c5ccccc5n-3c24)cc1. The molecule has 2 aromatic heterocycles. The van der Waals surface area contributed by atoms with Crippen molar-refractivity contribution >= 4 is 66.7 Å². The molecule has 0 radical (unpaired) electrons. The van der Waals surface area contributed by atoms with Crippen molar-refractivity contribution < 1.29 is 0 Å². The van der Waals surface area contributed by atoms with Crippen molar-refractivity contribution in [3.05, 3.63) is 152 Å². The summed E-state index contributed by atoms with van der Waals surface area (Å²) in [6.07, 6.45) is 0. The van der Waals surface area contributed by atoms with Crippen molar-refractivity contribution in [3.63, 3.8) is 0 Å². The molecule has 0 unspecified atom stereocenters. The molecule has 0 amide bonds. The van der Waals surface area contributed by atoms with E-state index in [1.165, 1.54) is 93.6 Å². The summed E-state index contributed by atoms with van der Waals surface area (Å²) >= 11 is 0. The van der Waals surface area contributed by atoms with Crippen LogP contribution in [0.25, 0.3) is 77.2 Å². The Hall–Kier alpha value is -5.80. The van der Waals surface area contributed by atoms with E-state index in [-0.39, 0.29) is 6.71 Å². The summed E-state index contributed by atoms with van der Waals surface area (Å²) in [6, 6.07) is 56.2. The summed E-state index contributed by atoms with van der Waals surface area (Å²) in [7, 11) is 0. The van der Waals surface area contributed by atoms with Crippen LogP contribution < -0.4 is 16.4 Å². The highest BCUT2D eigenvalue weighted by Gasteiger charge is 2.41. The van der Waals surface area contributed by atoms with Crippen LogP contribution in [0.15, 0.2) is 152 Å². The second-order valence-electron chi connectivity index (χ2n) is 12.5. The number of rotatable bonds is 2. The first-order valence-corrected chi connectivity index (χ1v) is 15.7. The van der Waals surface area contributed by atoms with E-state index >= 15 is 0 Å². The van der Waals surface area contributed by atoms with E-state index in [1.54, 1.807) is 0 Å². The molecule has 2 nitrogen and oxygen atoms in total. The van der Waals surface area contributed by atoms with Crippen molar-refractivity contribution in [2.24, 2.45) is 0 Å². The predicted octanol–water partition coefficient (Wildman–Crippen LogP) is 8.36. The van der Waals surface area contributed by atoms with Crippen molar-refractivity contribution in [3.8, 4) is 33.6 Å². The molecule has 206 valence electrons. The monoisotopic (exact) mass is 568 g/mol. The van der Waals surface area contributed by atoms with Gasteiger partial charge in [-0.05, 0) is 62.9 Å². The molecule has 2 aliphatic rings. The molecule has 0 saturated carbocycles. The average molecular weight is 568 g/mol. The first-order valence-electron chi connectivity index (χ1n) is 15.7. The van der Waals surface area contributed by atoms with Crippen LogP contribution in [0.5, 0.6) is 0 Å². The molecule has 0 aliphatic carbocycles. The highest BCUT2D eigenvalue weighted by Crippen LogP contribution is 2.42. The molecular formula is C42H25BN2. The lowest BCUT2D eigenvalue weighted by Crippen LogP contribution is -2.59. The minimum absolute atomic E-state index is 0.129. The number of fused-ring (bicyclic) bond motifs is 10. The first-order chi connectivity index (χ1) is 22.4. The Balaban J connectivity index is 1.39. The maximum atomic E-state index is 2.57. The molecule has 0 saturated heterocycles. The van der Waals surface area contributed by atoms with Crippen molar-refractivity contribution in [1.82, 2.24) is 9.13 Å². The zero-order chi connectivity index (χ0) is 29.2. The van der Waals surface area contributed by atoms with E-state index in [2.05, 4.69) is 161 Å². The third kappa shape index (κ3) is 2.91. The number of nitrogens with zero attached hydrogens (tertiary/aromatic N) is 2. The molecule has 3 heteroatoms. The van der Waals surface area contributed by atoms with E-state index < -0.39 is 0 Å². The third-order valence-corrected chi connectivity index (χ3v) is 10.3. The first kappa shape index (κ1) is 23.6. The highest BCUT2D eigenvalue weighted by atomic mass is 15.0. The molecule has 11 rings (SSSR count). The molecule has 0 N–H and O–H groups in total. The largest absolute Gasteiger partial charge is 0.310 e. The van der Waals surface area contributed by atoms with E-state index in [9.17, 15) is 0 Å². The average Bonchev–Trinajstić information content (AvgIpc) is 3.64. The van der Waals surface area contributed by atoms with Gasteiger partial charge in [-0.1, -0.05) is 127 Å². The molecule has 2 aliphatic heterocycles. The van der Waals surface area contributed by atoms with Crippen molar-refractivity contribution in [2.75, 3.05) is 0 Å². The lowest BCUT2D eigenvalue weighted by atomic mass is 9.34. The Morgan fingerprint density at radius 1 is 0.400 bits per heavy atom. The number of benzene rings is 7. The summed E-state index contributed by atoms with van der Waals surface area (Å²) in [4.78, 5) is 0. The molecule has 4 heterocycles. The summed E-state index contributed by atoms with van der Waals surface area (Å²) in [5, 5.41) is 5.27. The summed E-state index contributed by atoms with van der Waals surface area (Å²) in [6.45, 7) is 0.129. The topological polar surface area (TPSA) is 9.86 Å². The Morgan fingerprint density at radius 3 is 1.73 bits per heavy atom. The zero-order valence-electron chi connectivity index (χ0n) is 24.4. The van der Waals surface area contributed by atoms with Gasteiger partial charge in [-0.2, -0.15) is 0 Å². The molecule has 45 heavy (non-hydrogen) atoms. The van der Waals surface area contributed by atoms with Gasteiger partial charge in [0.2, 0.25) is 0 Å². The minimum atomic E-state index is 0.129. The Morgan fingerprint density at radius 2 is 0.978 bits per heavy atom. The number of hydrogen-bond donors (Lipinski definition) is 0. The summed E-state index contributed by atoms with van der Waals surface area (Å²) in [5.41, 5.74) is 16.9. The van der Waals surface area contributed by atoms with Crippen LogP contribution in [-0.4, -0.2) is 15.8 Å². The fraction of sp³-hybridized carbons (Fsp3) is 0. The van der Waals surface area contributed by atoms with Gasteiger partial charge in [0.15, 0.2) is 0 Å². The van der Waals surface area contributed by atoms with E-state index in [0.29, 0.717) is 0 Å². The lowest BCUT2D eigenvalue weighted by Gasteiger charge is -2.34. The van der Waals surface area contributed by atoms with Crippen molar-refractivity contribution in [1.29, 1.82) is 0 Å². The lowest BCUT2D eigenvalue weighted by molar-refractivity contribution is 1.14. The fourth-order valence-electron chi connectivity index (χ4n) is 8.56. The van der Waals surface area contributed by atoms with Crippen LogP contribution in [0.1, 0.15) is 0 Å². The highest BCUT2D eigenvalue weighted by molar-refractivity contribution is 7.00. The molecule has 7 aromatic carbocycles. The maximum absolute atomic E-state index is 2.57. The number of aromatic nitrogens is 2. The molecule has 0 bridgehead atoms. The van der Waals surface area contributed by atoms with Gasteiger partial charge < -0.3 is 9.13 Å². The van der Waals surface area contributed by atoms with Crippen LogP contribution in [0.3, 0.4) is 0 Å². The minimum Gasteiger partial charge on any atom is -0.310 e. The van der Waals surface area contributed by atoms with E-state index in [1.807, 2.05) is 0 Å². The van der Waals surface area contributed by atoms with E-state index in [4.69, 9.17) is 0 Å². The van der Waals surface area contributed by atoms with Gasteiger partial charge in [-0.15, -0.1) is 0 Å². The fourth-order valence-corrected chi connectivity index (χ4v) is 8.56. The number of para-hydroxylation sites is 3. The maximum Gasteiger partial charge on any atom is 0.252 e. The predicted molar refractivity (Wildman–Crippen MR) is 191 cm³/mol. The zero-order valence-corrected chi connectivity index (χ0v) is 24.4. The number of hydrogen-bond acceptors (Lipinski definition) is 0. The molecule has 0 atom stereocenters. The van der Waals surface area contributed by atoms with Crippen LogP contribution in [-0.2, 0) is 0 Å². The van der Waals surface area contributed by atoms with Crippen LogP contribution in [0.2, 0.25) is 0 Å². The quantitative estimate of drug-likeness (QED) is 0.186. The van der Waals surface area contributed by atoms with Gasteiger partial charge in [0.05, 0.1) is 11.0 Å². The second kappa shape index (κ2) is 8.43. The van der Waals surface area contributed by atoms with E-state index in [0.717, 1.165) is 0 Å². The Bertz CT molecular complexity index is 2700. The second-order valence-corrected chi connectivity index (χ2v) is 12.5.